The van der Waals surface area contributed by atoms with Gasteiger partial charge in [0.05, 0.1) is 27.3 Å². The molecule has 2 rings (SSSR count). The molecule has 0 bridgehead atoms. The van der Waals surface area contributed by atoms with Crippen molar-refractivity contribution in [3.05, 3.63) is 39.5 Å². The molecule has 1 aromatic heterocycles. The zero-order valence-electron chi connectivity index (χ0n) is 13.5. The van der Waals surface area contributed by atoms with Crippen molar-refractivity contribution >= 4 is 46.5 Å². The van der Waals surface area contributed by atoms with Crippen molar-refractivity contribution in [2.75, 3.05) is 5.32 Å². The fourth-order valence-corrected chi connectivity index (χ4v) is 2.59. The number of hydrogen-bond acceptors (Lipinski definition) is 3. The Morgan fingerprint density at radius 3 is 2.58 bits per heavy atom. The fraction of sp³-hybridized carbons (Fsp3) is 0.375. The first kappa shape index (κ1) is 18.9. The van der Waals surface area contributed by atoms with Gasteiger partial charge in [-0.05, 0) is 26.3 Å². The second kappa shape index (κ2) is 8.10. The predicted molar refractivity (Wildman–Crippen MR) is 97.4 cm³/mol. The lowest BCUT2D eigenvalue weighted by molar-refractivity contribution is -0.122. The molecule has 0 unspecified atom stereocenters. The molecule has 0 aliphatic heterocycles. The van der Waals surface area contributed by atoms with Crippen LogP contribution in [0.15, 0.2) is 24.4 Å². The lowest BCUT2D eigenvalue weighted by Crippen LogP contribution is -2.31. The maximum atomic E-state index is 12.4. The minimum absolute atomic E-state index is 0.177. The van der Waals surface area contributed by atoms with Gasteiger partial charge in [0.25, 0.3) is 5.91 Å². The van der Waals surface area contributed by atoms with Gasteiger partial charge in [0.2, 0.25) is 0 Å². The molecule has 5 nitrogen and oxygen atoms in total. The van der Waals surface area contributed by atoms with E-state index >= 15 is 0 Å². The van der Waals surface area contributed by atoms with Gasteiger partial charge in [-0.1, -0.05) is 41.7 Å². The number of amides is 1. The zero-order valence-corrected chi connectivity index (χ0v) is 15.8. The summed E-state index contributed by atoms with van der Waals surface area (Å²) in [6, 6.07) is 4.88. The van der Waals surface area contributed by atoms with Gasteiger partial charge < -0.3 is 10.1 Å². The van der Waals surface area contributed by atoms with Gasteiger partial charge in [-0.3, -0.25) is 4.79 Å². The lowest BCUT2D eigenvalue weighted by Gasteiger charge is -2.18. The van der Waals surface area contributed by atoms with Crippen LogP contribution in [0.2, 0.25) is 15.1 Å². The number of aromatic nitrogens is 2. The smallest absolute Gasteiger partial charge is 0.266 e. The summed E-state index contributed by atoms with van der Waals surface area (Å²) in [5.41, 5.74) is 0. The van der Waals surface area contributed by atoms with E-state index in [1.165, 1.54) is 12.1 Å². The number of anilines is 1. The van der Waals surface area contributed by atoms with Crippen LogP contribution < -0.4 is 10.1 Å². The van der Waals surface area contributed by atoms with Crippen LogP contribution in [0.4, 0.5) is 5.82 Å². The van der Waals surface area contributed by atoms with E-state index < -0.39 is 6.10 Å². The Hall–Kier alpha value is -1.43. The summed E-state index contributed by atoms with van der Waals surface area (Å²) in [7, 11) is 0. The van der Waals surface area contributed by atoms with E-state index in [9.17, 15) is 4.79 Å². The van der Waals surface area contributed by atoms with E-state index in [-0.39, 0.29) is 17.0 Å². The van der Waals surface area contributed by atoms with Gasteiger partial charge in [0.1, 0.15) is 11.6 Å². The molecule has 1 aromatic carbocycles. The van der Waals surface area contributed by atoms with E-state index in [0.29, 0.717) is 21.6 Å². The second-order valence-corrected chi connectivity index (χ2v) is 6.59. The molecular weight excluding hydrogens is 373 g/mol. The molecule has 0 aliphatic carbocycles. The van der Waals surface area contributed by atoms with Crippen LogP contribution in [0.1, 0.15) is 33.2 Å². The Bertz CT molecular complexity index is 733. The highest BCUT2D eigenvalue weighted by Crippen LogP contribution is 2.34. The van der Waals surface area contributed by atoms with Crippen molar-refractivity contribution in [3.63, 3.8) is 0 Å². The average Bonchev–Trinajstić information content (AvgIpc) is 2.99. The number of benzene rings is 1. The van der Waals surface area contributed by atoms with E-state index in [1.807, 2.05) is 6.92 Å². The third kappa shape index (κ3) is 4.35. The molecule has 130 valence electrons. The molecule has 0 radical (unpaired) electrons. The zero-order chi connectivity index (χ0) is 17.9. The molecule has 24 heavy (non-hydrogen) atoms. The standard InChI is InChI=1S/C16H18Cl3N3O2/c1-4-9(2)22-15(5-6-20-22)21-16(23)10(3)24-14-8-12(18)11(17)7-13(14)19/h5-10H,4H2,1-3H3,(H,21,23)/t9-,10-/m0/s1. The topological polar surface area (TPSA) is 56.2 Å². The minimum Gasteiger partial charge on any atom is -0.479 e. The van der Waals surface area contributed by atoms with Crippen molar-refractivity contribution in [3.8, 4) is 5.75 Å². The fourth-order valence-electron chi connectivity index (χ4n) is 2.00. The lowest BCUT2D eigenvalue weighted by atomic mass is 10.3. The monoisotopic (exact) mass is 389 g/mol. The first-order chi connectivity index (χ1) is 11.3. The summed E-state index contributed by atoms with van der Waals surface area (Å²) in [6.07, 6.45) is 1.76. The van der Waals surface area contributed by atoms with E-state index in [4.69, 9.17) is 39.5 Å². The van der Waals surface area contributed by atoms with E-state index in [0.717, 1.165) is 6.42 Å². The van der Waals surface area contributed by atoms with E-state index in [2.05, 4.69) is 17.3 Å². The Morgan fingerprint density at radius 1 is 1.25 bits per heavy atom. The average molecular weight is 391 g/mol. The molecule has 0 spiro atoms. The highest BCUT2D eigenvalue weighted by molar-refractivity contribution is 6.43. The minimum atomic E-state index is -0.778. The molecule has 1 N–H and O–H groups in total. The van der Waals surface area contributed by atoms with Gasteiger partial charge in [-0.2, -0.15) is 5.10 Å². The van der Waals surface area contributed by atoms with Crippen LogP contribution in [-0.2, 0) is 4.79 Å². The number of ether oxygens (including phenoxy) is 1. The SMILES string of the molecule is CC[C@H](C)n1nccc1NC(=O)[C@H](C)Oc1cc(Cl)c(Cl)cc1Cl. The molecule has 0 saturated carbocycles. The maximum Gasteiger partial charge on any atom is 0.266 e. The highest BCUT2D eigenvalue weighted by Gasteiger charge is 2.19. The first-order valence-corrected chi connectivity index (χ1v) is 8.62. The maximum absolute atomic E-state index is 12.4. The van der Waals surface area contributed by atoms with Crippen molar-refractivity contribution in [1.82, 2.24) is 9.78 Å². The summed E-state index contributed by atoms with van der Waals surface area (Å²) < 4.78 is 7.36. The highest BCUT2D eigenvalue weighted by atomic mass is 35.5. The second-order valence-electron chi connectivity index (χ2n) is 5.36. The number of hydrogen-bond donors (Lipinski definition) is 1. The number of halogens is 3. The quantitative estimate of drug-likeness (QED) is 0.688. The van der Waals surface area contributed by atoms with Crippen LogP contribution in [0, 0.1) is 0 Å². The number of carbonyl (C=O) groups is 1. The van der Waals surface area contributed by atoms with Gasteiger partial charge in [0.15, 0.2) is 6.10 Å². The largest absolute Gasteiger partial charge is 0.479 e. The van der Waals surface area contributed by atoms with Crippen LogP contribution >= 0.6 is 34.8 Å². The molecule has 0 fully saturated rings. The van der Waals surface area contributed by atoms with Crippen molar-refractivity contribution in [1.29, 1.82) is 0 Å². The van der Waals surface area contributed by atoms with Crippen LogP contribution in [0.5, 0.6) is 5.75 Å². The summed E-state index contributed by atoms with van der Waals surface area (Å²) in [5.74, 6) is 0.594. The molecular formula is C16H18Cl3N3O2. The summed E-state index contributed by atoms with van der Waals surface area (Å²) in [5, 5.41) is 7.95. The number of nitrogens with one attached hydrogen (secondary N) is 1. The Kier molecular flexibility index (Phi) is 6.38. The van der Waals surface area contributed by atoms with Crippen LogP contribution in [0.3, 0.4) is 0 Å². The van der Waals surface area contributed by atoms with Crippen molar-refractivity contribution in [2.24, 2.45) is 0 Å². The van der Waals surface area contributed by atoms with Crippen LogP contribution in [-0.4, -0.2) is 21.8 Å². The predicted octanol–water partition coefficient (Wildman–Crippen LogP) is 5.22. The summed E-state index contributed by atoms with van der Waals surface area (Å²) in [4.78, 5) is 12.4. The normalized spacial score (nSPS) is 13.4. The van der Waals surface area contributed by atoms with Gasteiger partial charge >= 0.3 is 0 Å². The summed E-state index contributed by atoms with van der Waals surface area (Å²) in [6.45, 7) is 5.70. The summed E-state index contributed by atoms with van der Waals surface area (Å²) >= 11 is 17.9. The third-order valence-corrected chi connectivity index (χ3v) is 4.60. The Labute approximate surface area is 155 Å². The van der Waals surface area contributed by atoms with Crippen molar-refractivity contribution in [2.45, 2.75) is 39.3 Å². The van der Waals surface area contributed by atoms with E-state index in [1.54, 1.807) is 23.9 Å². The van der Waals surface area contributed by atoms with Gasteiger partial charge in [-0.25, -0.2) is 4.68 Å². The van der Waals surface area contributed by atoms with Gasteiger partial charge in [0, 0.05) is 12.1 Å². The molecule has 2 atom stereocenters. The third-order valence-electron chi connectivity index (χ3n) is 3.58. The molecule has 8 heteroatoms. The van der Waals surface area contributed by atoms with Crippen molar-refractivity contribution < 1.29 is 9.53 Å². The number of rotatable bonds is 6. The molecule has 1 amide bonds. The number of carbonyl (C=O) groups excluding carboxylic acids is 1. The Balaban J connectivity index is 2.08. The molecule has 1 heterocycles. The Morgan fingerprint density at radius 2 is 1.92 bits per heavy atom. The van der Waals surface area contributed by atoms with Gasteiger partial charge in [-0.15, -0.1) is 0 Å². The molecule has 0 aliphatic rings. The first-order valence-electron chi connectivity index (χ1n) is 7.49. The molecule has 0 saturated heterocycles. The van der Waals surface area contributed by atoms with Crippen LogP contribution in [0.25, 0.3) is 0 Å². The number of nitrogens with zero attached hydrogens (tertiary/aromatic N) is 2. The molecule has 2 aromatic rings.